The average Bonchev–Trinajstić information content (AvgIpc) is 2.98. The van der Waals surface area contributed by atoms with E-state index in [1.54, 1.807) is 0 Å². The Bertz CT molecular complexity index is 959. The van der Waals surface area contributed by atoms with Gasteiger partial charge in [0.1, 0.15) is 11.3 Å². The van der Waals surface area contributed by atoms with Gasteiger partial charge in [-0.1, -0.05) is 43.2 Å². The predicted octanol–water partition coefficient (Wildman–Crippen LogP) is 4.54. The van der Waals surface area contributed by atoms with Crippen LogP contribution in [0.5, 0.6) is 0 Å². The molecule has 3 rings (SSSR count). The van der Waals surface area contributed by atoms with E-state index in [1.807, 2.05) is 38.1 Å². The molecule has 0 aliphatic heterocycles. The van der Waals surface area contributed by atoms with Gasteiger partial charge in [0.25, 0.3) is 5.91 Å². The third-order valence-corrected chi connectivity index (χ3v) is 4.29. The lowest BCUT2D eigenvalue weighted by Crippen LogP contribution is -2.25. The maximum Gasteiger partial charge on any atom is 0.417 e. The zero-order valence-corrected chi connectivity index (χ0v) is 15.1. The smallest absolute Gasteiger partial charge is 0.347 e. The molecular formula is C20H20F3N3O. The van der Waals surface area contributed by atoms with Crippen molar-refractivity contribution in [3.63, 3.8) is 0 Å². The van der Waals surface area contributed by atoms with Crippen LogP contribution in [0, 0.1) is 6.92 Å². The first-order chi connectivity index (χ1) is 12.8. The normalized spacial score (nSPS) is 11.7. The summed E-state index contributed by atoms with van der Waals surface area (Å²) >= 11 is 0. The van der Waals surface area contributed by atoms with Crippen LogP contribution < -0.4 is 5.32 Å². The molecule has 7 heteroatoms. The lowest BCUT2D eigenvalue weighted by molar-refractivity contribution is -0.137. The average molecular weight is 375 g/mol. The number of nitrogens with zero attached hydrogens (tertiary/aromatic N) is 2. The number of halogens is 3. The fourth-order valence-corrected chi connectivity index (χ4v) is 2.88. The standard InChI is InChI=1S/C20H20F3N3O/c1-3-4-16-18(19(27)24-11-14-7-5-13(2)6-8-14)26-12-15(20(21,22)23)9-10-17(26)25-16/h5-10,12H,3-4,11H2,1-2H3,(H,24,27). The summed E-state index contributed by atoms with van der Waals surface area (Å²) in [6.07, 6.45) is -2.31. The van der Waals surface area contributed by atoms with E-state index in [0.29, 0.717) is 17.8 Å². The van der Waals surface area contributed by atoms with Crippen molar-refractivity contribution in [2.24, 2.45) is 0 Å². The Labute approximate surface area is 155 Å². The minimum Gasteiger partial charge on any atom is -0.347 e. The minimum atomic E-state index is -4.49. The first-order valence-electron chi connectivity index (χ1n) is 8.71. The van der Waals surface area contributed by atoms with Crippen LogP contribution in [-0.4, -0.2) is 15.3 Å². The number of aromatic nitrogens is 2. The van der Waals surface area contributed by atoms with Gasteiger partial charge in [0.05, 0.1) is 11.3 Å². The number of fused-ring (bicyclic) bond motifs is 1. The number of amides is 1. The zero-order valence-electron chi connectivity index (χ0n) is 15.1. The van der Waals surface area contributed by atoms with Crippen molar-refractivity contribution < 1.29 is 18.0 Å². The molecule has 1 aromatic carbocycles. The van der Waals surface area contributed by atoms with E-state index in [0.717, 1.165) is 29.8 Å². The van der Waals surface area contributed by atoms with Gasteiger partial charge in [-0.2, -0.15) is 13.2 Å². The Balaban J connectivity index is 1.95. The van der Waals surface area contributed by atoms with Crippen LogP contribution in [0.25, 0.3) is 5.65 Å². The Morgan fingerprint density at radius 3 is 2.48 bits per heavy atom. The first kappa shape index (κ1) is 18.9. The fourth-order valence-electron chi connectivity index (χ4n) is 2.88. The second-order valence-corrected chi connectivity index (χ2v) is 6.47. The molecule has 142 valence electrons. The van der Waals surface area contributed by atoms with Gasteiger partial charge in [-0.05, 0) is 31.0 Å². The number of nitrogens with one attached hydrogen (secondary N) is 1. The van der Waals surface area contributed by atoms with Crippen molar-refractivity contribution in [1.29, 1.82) is 0 Å². The van der Waals surface area contributed by atoms with Gasteiger partial charge in [-0.3, -0.25) is 9.20 Å². The molecule has 0 spiro atoms. The van der Waals surface area contributed by atoms with E-state index < -0.39 is 17.6 Å². The molecule has 3 aromatic rings. The highest BCUT2D eigenvalue weighted by Gasteiger charge is 2.31. The Morgan fingerprint density at radius 2 is 1.85 bits per heavy atom. The molecule has 2 aromatic heterocycles. The van der Waals surface area contributed by atoms with Crippen LogP contribution in [0.15, 0.2) is 42.6 Å². The number of carbonyl (C=O) groups is 1. The second-order valence-electron chi connectivity index (χ2n) is 6.47. The molecule has 4 nitrogen and oxygen atoms in total. The number of alkyl halides is 3. The summed E-state index contributed by atoms with van der Waals surface area (Å²) in [5, 5.41) is 2.79. The van der Waals surface area contributed by atoms with E-state index in [9.17, 15) is 18.0 Å². The number of hydrogen-bond acceptors (Lipinski definition) is 2. The van der Waals surface area contributed by atoms with Crippen molar-refractivity contribution in [3.8, 4) is 0 Å². The number of benzene rings is 1. The molecule has 0 atom stereocenters. The summed E-state index contributed by atoms with van der Waals surface area (Å²) in [6, 6.07) is 9.95. The predicted molar refractivity (Wildman–Crippen MR) is 96.5 cm³/mol. The van der Waals surface area contributed by atoms with Gasteiger partial charge in [-0.15, -0.1) is 0 Å². The SMILES string of the molecule is CCCc1nc2ccc(C(F)(F)F)cn2c1C(=O)NCc1ccc(C)cc1. The van der Waals surface area contributed by atoms with Gasteiger partial charge in [-0.25, -0.2) is 4.98 Å². The van der Waals surface area contributed by atoms with Crippen molar-refractivity contribution in [1.82, 2.24) is 14.7 Å². The lowest BCUT2D eigenvalue weighted by atomic mass is 10.1. The van der Waals surface area contributed by atoms with Crippen LogP contribution in [-0.2, 0) is 19.1 Å². The van der Waals surface area contributed by atoms with Gasteiger partial charge in [0, 0.05) is 12.7 Å². The Morgan fingerprint density at radius 1 is 1.15 bits per heavy atom. The quantitative estimate of drug-likeness (QED) is 0.711. The van der Waals surface area contributed by atoms with Crippen molar-refractivity contribution >= 4 is 11.6 Å². The highest BCUT2D eigenvalue weighted by molar-refractivity contribution is 5.94. The van der Waals surface area contributed by atoms with Gasteiger partial charge in [0.15, 0.2) is 0 Å². The van der Waals surface area contributed by atoms with Crippen molar-refractivity contribution in [3.05, 3.63) is 70.7 Å². The Kier molecular flexibility index (Phi) is 5.21. The summed E-state index contributed by atoms with van der Waals surface area (Å²) in [7, 11) is 0. The lowest BCUT2D eigenvalue weighted by Gasteiger charge is -2.10. The Hall–Kier alpha value is -2.83. The van der Waals surface area contributed by atoms with E-state index in [1.165, 1.54) is 10.5 Å². The fraction of sp³-hybridized carbons (Fsp3) is 0.300. The molecule has 0 fully saturated rings. The second kappa shape index (κ2) is 7.42. The monoisotopic (exact) mass is 375 g/mol. The molecule has 1 amide bonds. The molecule has 2 heterocycles. The molecule has 0 aliphatic rings. The summed E-state index contributed by atoms with van der Waals surface area (Å²) in [6.45, 7) is 4.19. The number of imidazole rings is 1. The number of aryl methyl sites for hydroxylation is 2. The molecule has 0 saturated carbocycles. The summed E-state index contributed by atoms with van der Waals surface area (Å²) in [4.78, 5) is 17.1. The third-order valence-electron chi connectivity index (χ3n) is 4.29. The number of hydrogen-bond donors (Lipinski definition) is 1. The molecule has 0 radical (unpaired) electrons. The van der Waals surface area contributed by atoms with Gasteiger partial charge >= 0.3 is 6.18 Å². The highest BCUT2D eigenvalue weighted by atomic mass is 19.4. The van der Waals surface area contributed by atoms with Crippen LogP contribution >= 0.6 is 0 Å². The molecule has 27 heavy (non-hydrogen) atoms. The summed E-state index contributed by atoms with van der Waals surface area (Å²) in [5.41, 5.74) is 2.19. The molecule has 0 unspecified atom stereocenters. The zero-order chi connectivity index (χ0) is 19.6. The maximum atomic E-state index is 13.1. The molecule has 0 aliphatic carbocycles. The van der Waals surface area contributed by atoms with E-state index in [2.05, 4.69) is 10.3 Å². The molecule has 1 N–H and O–H groups in total. The van der Waals surface area contributed by atoms with E-state index >= 15 is 0 Å². The number of carbonyl (C=O) groups excluding carboxylic acids is 1. The number of rotatable bonds is 5. The van der Waals surface area contributed by atoms with Gasteiger partial charge in [0.2, 0.25) is 0 Å². The van der Waals surface area contributed by atoms with Crippen molar-refractivity contribution in [2.75, 3.05) is 0 Å². The summed E-state index contributed by atoms with van der Waals surface area (Å²) < 4.78 is 40.4. The minimum absolute atomic E-state index is 0.157. The third kappa shape index (κ3) is 4.13. The van der Waals surface area contributed by atoms with Crippen LogP contribution in [0.1, 0.15) is 46.2 Å². The summed E-state index contributed by atoms with van der Waals surface area (Å²) in [5.74, 6) is -0.439. The van der Waals surface area contributed by atoms with Gasteiger partial charge < -0.3 is 5.32 Å². The maximum absolute atomic E-state index is 13.1. The topological polar surface area (TPSA) is 46.4 Å². The highest BCUT2D eigenvalue weighted by Crippen LogP contribution is 2.30. The molecule has 0 saturated heterocycles. The van der Waals surface area contributed by atoms with Crippen LogP contribution in [0.3, 0.4) is 0 Å². The van der Waals surface area contributed by atoms with E-state index in [4.69, 9.17) is 0 Å². The van der Waals surface area contributed by atoms with Crippen LogP contribution in [0.4, 0.5) is 13.2 Å². The van der Waals surface area contributed by atoms with Crippen molar-refractivity contribution in [2.45, 2.75) is 39.4 Å². The number of pyridine rings is 1. The largest absolute Gasteiger partial charge is 0.417 e. The van der Waals surface area contributed by atoms with E-state index in [-0.39, 0.29) is 12.2 Å². The molecule has 0 bridgehead atoms. The first-order valence-corrected chi connectivity index (χ1v) is 8.71. The molecular weight excluding hydrogens is 355 g/mol. The van der Waals surface area contributed by atoms with Crippen LogP contribution in [0.2, 0.25) is 0 Å².